The van der Waals surface area contributed by atoms with Gasteiger partial charge in [-0.25, -0.2) is 0 Å². The molecule has 0 aromatic rings. The fraction of sp³-hybridized carbons (Fsp3) is 0.833. The van der Waals surface area contributed by atoms with E-state index in [0.29, 0.717) is 6.04 Å². The lowest BCUT2D eigenvalue weighted by Crippen LogP contribution is -2.44. The summed E-state index contributed by atoms with van der Waals surface area (Å²) >= 11 is 0. The van der Waals surface area contributed by atoms with Gasteiger partial charge in [-0.2, -0.15) is 0 Å². The van der Waals surface area contributed by atoms with Crippen molar-refractivity contribution in [3.05, 3.63) is 6.54 Å². The van der Waals surface area contributed by atoms with E-state index in [-0.39, 0.29) is 0 Å². The number of hydrogen-bond acceptors (Lipinski definition) is 2. The van der Waals surface area contributed by atoms with Gasteiger partial charge < -0.3 is 10.6 Å². The molecular formula is C6H13N2. The van der Waals surface area contributed by atoms with Crippen LogP contribution in [0.3, 0.4) is 0 Å². The standard InChI is InChI=1S/C6H13N2/c1-2-6-5-7-3-4-8-6/h5-8H,2-4H2,1H3/t6-/m0/s1. The Labute approximate surface area is 50.7 Å². The SMILES string of the molecule is CC[C@H]1[CH]NCCN1. The first kappa shape index (κ1) is 6.05. The summed E-state index contributed by atoms with van der Waals surface area (Å²) in [5.41, 5.74) is 0. The van der Waals surface area contributed by atoms with Crippen LogP contribution in [0, 0.1) is 6.54 Å². The quantitative estimate of drug-likeness (QED) is 0.504. The highest BCUT2D eigenvalue weighted by atomic mass is 15.0. The molecule has 1 rings (SSSR count). The Kier molecular flexibility index (Phi) is 2.30. The molecule has 0 saturated carbocycles. The van der Waals surface area contributed by atoms with Crippen LogP contribution in [-0.4, -0.2) is 19.1 Å². The first-order chi connectivity index (χ1) is 3.93. The number of rotatable bonds is 1. The zero-order valence-corrected chi connectivity index (χ0v) is 5.28. The maximum Gasteiger partial charge on any atom is 0.0391 e. The molecule has 0 amide bonds. The number of hydrogen-bond donors (Lipinski definition) is 2. The molecule has 1 saturated heterocycles. The zero-order valence-electron chi connectivity index (χ0n) is 5.28. The molecule has 8 heavy (non-hydrogen) atoms. The van der Waals surface area contributed by atoms with Gasteiger partial charge in [0.2, 0.25) is 0 Å². The van der Waals surface area contributed by atoms with Crippen LogP contribution in [0.5, 0.6) is 0 Å². The Morgan fingerprint density at radius 1 is 1.62 bits per heavy atom. The molecule has 0 aromatic heterocycles. The van der Waals surface area contributed by atoms with Crippen LogP contribution in [0.25, 0.3) is 0 Å². The average Bonchev–Trinajstić information content (AvgIpc) is 1.90. The summed E-state index contributed by atoms with van der Waals surface area (Å²) in [5, 5.41) is 6.55. The predicted octanol–water partition coefficient (Wildman–Crippen LogP) is 0.120. The van der Waals surface area contributed by atoms with Crippen molar-refractivity contribution in [2.45, 2.75) is 19.4 Å². The van der Waals surface area contributed by atoms with Crippen LogP contribution in [0.4, 0.5) is 0 Å². The molecule has 2 heteroatoms. The summed E-state index contributed by atoms with van der Waals surface area (Å²) in [4.78, 5) is 0. The second-order valence-corrected chi connectivity index (χ2v) is 2.09. The number of nitrogens with one attached hydrogen (secondary N) is 2. The maximum absolute atomic E-state index is 3.35. The average molecular weight is 113 g/mol. The largest absolute Gasteiger partial charge is 0.311 e. The Hall–Kier alpha value is -0.0800. The summed E-state index contributed by atoms with van der Waals surface area (Å²) in [6.07, 6.45) is 1.19. The third kappa shape index (κ3) is 1.46. The fourth-order valence-electron chi connectivity index (χ4n) is 0.876. The first-order valence-electron chi connectivity index (χ1n) is 3.23. The van der Waals surface area contributed by atoms with Gasteiger partial charge in [0, 0.05) is 25.7 Å². The van der Waals surface area contributed by atoms with E-state index in [1.54, 1.807) is 0 Å². The second kappa shape index (κ2) is 3.05. The van der Waals surface area contributed by atoms with Crippen molar-refractivity contribution in [3.63, 3.8) is 0 Å². The van der Waals surface area contributed by atoms with Crippen LogP contribution in [-0.2, 0) is 0 Å². The van der Waals surface area contributed by atoms with E-state index < -0.39 is 0 Å². The molecule has 0 aliphatic carbocycles. The van der Waals surface area contributed by atoms with Crippen molar-refractivity contribution in [1.82, 2.24) is 10.6 Å². The molecule has 1 atom stereocenters. The monoisotopic (exact) mass is 113 g/mol. The van der Waals surface area contributed by atoms with Crippen LogP contribution >= 0.6 is 0 Å². The molecule has 1 heterocycles. The molecule has 2 N–H and O–H groups in total. The highest BCUT2D eigenvalue weighted by Crippen LogP contribution is 1.94. The van der Waals surface area contributed by atoms with Crippen molar-refractivity contribution in [2.75, 3.05) is 13.1 Å². The molecule has 1 radical (unpaired) electrons. The van der Waals surface area contributed by atoms with Crippen LogP contribution in [0.2, 0.25) is 0 Å². The Morgan fingerprint density at radius 3 is 2.88 bits per heavy atom. The third-order valence-electron chi connectivity index (χ3n) is 1.43. The Bertz CT molecular complexity index is 57.5. The molecule has 0 spiro atoms. The summed E-state index contributed by atoms with van der Waals surface area (Å²) in [5.74, 6) is 0. The van der Waals surface area contributed by atoms with Gasteiger partial charge in [0.15, 0.2) is 0 Å². The van der Waals surface area contributed by atoms with E-state index in [1.807, 2.05) is 0 Å². The lowest BCUT2D eigenvalue weighted by molar-refractivity contribution is 0.463. The van der Waals surface area contributed by atoms with Gasteiger partial charge >= 0.3 is 0 Å². The predicted molar refractivity (Wildman–Crippen MR) is 34.4 cm³/mol. The van der Waals surface area contributed by atoms with Gasteiger partial charge in [0.1, 0.15) is 0 Å². The van der Waals surface area contributed by atoms with E-state index >= 15 is 0 Å². The van der Waals surface area contributed by atoms with Crippen molar-refractivity contribution in [1.29, 1.82) is 0 Å². The number of piperazine rings is 1. The minimum Gasteiger partial charge on any atom is -0.311 e. The van der Waals surface area contributed by atoms with Gasteiger partial charge in [-0.3, -0.25) is 0 Å². The topological polar surface area (TPSA) is 24.1 Å². The Morgan fingerprint density at radius 2 is 2.50 bits per heavy atom. The van der Waals surface area contributed by atoms with E-state index in [0.717, 1.165) is 13.1 Å². The van der Waals surface area contributed by atoms with Gasteiger partial charge in [-0.1, -0.05) is 6.92 Å². The molecule has 1 aliphatic heterocycles. The van der Waals surface area contributed by atoms with Crippen LogP contribution in [0.1, 0.15) is 13.3 Å². The maximum atomic E-state index is 3.35. The second-order valence-electron chi connectivity index (χ2n) is 2.09. The Balaban J connectivity index is 2.13. The summed E-state index contributed by atoms with van der Waals surface area (Å²) in [7, 11) is 0. The third-order valence-corrected chi connectivity index (χ3v) is 1.43. The molecule has 0 unspecified atom stereocenters. The minimum absolute atomic E-state index is 0.601. The van der Waals surface area contributed by atoms with Crippen LogP contribution in [0.15, 0.2) is 0 Å². The van der Waals surface area contributed by atoms with Crippen molar-refractivity contribution >= 4 is 0 Å². The van der Waals surface area contributed by atoms with Crippen LogP contribution < -0.4 is 10.6 Å². The van der Waals surface area contributed by atoms with Gasteiger partial charge in [-0.05, 0) is 6.42 Å². The summed E-state index contributed by atoms with van der Waals surface area (Å²) in [6, 6.07) is 0.601. The molecule has 1 fully saturated rings. The molecule has 47 valence electrons. The normalized spacial score (nSPS) is 30.4. The van der Waals surface area contributed by atoms with Gasteiger partial charge in [0.25, 0.3) is 0 Å². The smallest absolute Gasteiger partial charge is 0.0391 e. The van der Waals surface area contributed by atoms with Crippen molar-refractivity contribution in [2.24, 2.45) is 0 Å². The van der Waals surface area contributed by atoms with E-state index in [9.17, 15) is 0 Å². The molecule has 0 aromatic carbocycles. The molecule has 1 aliphatic rings. The summed E-state index contributed by atoms with van der Waals surface area (Å²) < 4.78 is 0. The molecular weight excluding hydrogens is 100 g/mol. The highest BCUT2D eigenvalue weighted by molar-refractivity contribution is 4.83. The van der Waals surface area contributed by atoms with E-state index in [2.05, 4.69) is 24.1 Å². The van der Waals surface area contributed by atoms with Crippen molar-refractivity contribution in [3.8, 4) is 0 Å². The lowest BCUT2D eigenvalue weighted by atomic mass is 10.2. The van der Waals surface area contributed by atoms with E-state index in [4.69, 9.17) is 0 Å². The zero-order chi connectivity index (χ0) is 5.82. The highest BCUT2D eigenvalue weighted by Gasteiger charge is 2.07. The van der Waals surface area contributed by atoms with Gasteiger partial charge in [0.05, 0.1) is 0 Å². The van der Waals surface area contributed by atoms with Crippen molar-refractivity contribution < 1.29 is 0 Å². The van der Waals surface area contributed by atoms with Gasteiger partial charge in [-0.15, -0.1) is 0 Å². The molecule has 2 nitrogen and oxygen atoms in total. The molecule has 0 bridgehead atoms. The minimum atomic E-state index is 0.601. The fourth-order valence-corrected chi connectivity index (χ4v) is 0.876. The van der Waals surface area contributed by atoms with E-state index in [1.165, 1.54) is 6.42 Å². The first-order valence-corrected chi connectivity index (χ1v) is 3.23. The lowest BCUT2D eigenvalue weighted by Gasteiger charge is -2.22. The summed E-state index contributed by atoms with van der Waals surface area (Å²) in [6.45, 7) is 6.50.